The molecule has 0 amide bonds. The van der Waals surface area contributed by atoms with E-state index in [1.807, 2.05) is 30.3 Å². The van der Waals surface area contributed by atoms with Crippen molar-refractivity contribution in [3.8, 4) is 0 Å². The SMILES string of the molecule is CCCC[C@H](O)C[C@H](O)[C@H](Cl)CCCOCc1ccccc1. The second kappa shape index (κ2) is 11.9. The third-order valence-corrected chi connectivity index (χ3v) is 4.21. The van der Waals surface area contributed by atoms with E-state index >= 15 is 0 Å². The molecule has 1 aromatic carbocycles. The Morgan fingerprint density at radius 1 is 1.09 bits per heavy atom. The predicted octanol–water partition coefficient (Wildman–Crippen LogP) is 3.89. The monoisotopic (exact) mass is 328 g/mol. The van der Waals surface area contributed by atoms with Gasteiger partial charge in [0.1, 0.15) is 0 Å². The van der Waals surface area contributed by atoms with Crippen LogP contribution in [0.2, 0.25) is 0 Å². The van der Waals surface area contributed by atoms with Crippen LogP contribution in [0.4, 0.5) is 0 Å². The minimum absolute atomic E-state index is 0.323. The van der Waals surface area contributed by atoms with E-state index in [-0.39, 0.29) is 5.38 Å². The summed E-state index contributed by atoms with van der Waals surface area (Å²) in [5, 5.41) is 19.5. The van der Waals surface area contributed by atoms with Gasteiger partial charge in [-0.25, -0.2) is 0 Å². The van der Waals surface area contributed by atoms with Crippen LogP contribution < -0.4 is 0 Å². The van der Waals surface area contributed by atoms with E-state index in [0.29, 0.717) is 26.1 Å². The van der Waals surface area contributed by atoms with Crippen LogP contribution in [0.25, 0.3) is 0 Å². The van der Waals surface area contributed by atoms with E-state index in [2.05, 4.69) is 6.92 Å². The van der Waals surface area contributed by atoms with Crippen molar-refractivity contribution in [1.82, 2.24) is 0 Å². The summed E-state index contributed by atoms with van der Waals surface area (Å²) >= 11 is 6.19. The lowest BCUT2D eigenvalue weighted by molar-refractivity contribution is 0.0669. The molecule has 0 heterocycles. The van der Waals surface area contributed by atoms with Gasteiger partial charge in [-0.05, 0) is 24.8 Å². The van der Waals surface area contributed by atoms with Crippen LogP contribution in [-0.2, 0) is 11.3 Å². The summed E-state index contributed by atoms with van der Waals surface area (Å²) in [5.41, 5.74) is 1.16. The first kappa shape index (κ1) is 19.4. The van der Waals surface area contributed by atoms with Gasteiger partial charge in [0.2, 0.25) is 0 Å². The first-order valence-corrected chi connectivity index (χ1v) is 8.69. The highest BCUT2D eigenvalue weighted by atomic mass is 35.5. The summed E-state index contributed by atoms with van der Waals surface area (Å²) in [6, 6.07) is 10.0. The van der Waals surface area contributed by atoms with Crippen molar-refractivity contribution < 1.29 is 14.9 Å². The lowest BCUT2D eigenvalue weighted by Crippen LogP contribution is -2.26. The molecule has 0 unspecified atom stereocenters. The summed E-state index contributed by atoms with van der Waals surface area (Å²) in [4.78, 5) is 0. The third-order valence-electron chi connectivity index (χ3n) is 3.70. The topological polar surface area (TPSA) is 49.7 Å². The molecule has 0 bridgehead atoms. The van der Waals surface area contributed by atoms with Crippen molar-refractivity contribution in [2.75, 3.05) is 6.61 Å². The van der Waals surface area contributed by atoms with Gasteiger partial charge in [-0.1, -0.05) is 50.1 Å². The zero-order chi connectivity index (χ0) is 16.2. The summed E-state index contributed by atoms with van der Waals surface area (Å²) in [6.07, 6.45) is 3.52. The molecule has 0 aliphatic rings. The van der Waals surface area contributed by atoms with Gasteiger partial charge >= 0.3 is 0 Å². The van der Waals surface area contributed by atoms with Crippen molar-refractivity contribution >= 4 is 11.6 Å². The van der Waals surface area contributed by atoms with Crippen molar-refractivity contribution in [1.29, 1.82) is 0 Å². The molecule has 3 nitrogen and oxygen atoms in total. The minimum Gasteiger partial charge on any atom is -0.393 e. The van der Waals surface area contributed by atoms with E-state index in [0.717, 1.165) is 31.2 Å². The number of aliphatic hydroxyl groups excluding tert-OH is 2. The maximum atomic E-state index is 9.99. The highest BCUT2D eigenvalue weighted by molar-refractivity contribution is 6.21. The van der Waals surface area contributed by atoms with Gasteiger partial charge in [-0.15, -0.1) is 11.6 Å². The normalized spacial score (nSPS) is 15.5. The van der Waals surface area contributed by atoms with E-state index in [9.17, 15) is 10.2 Å². The zero-order valence-electron chi connectivity index (χ0n) is 13.5. The third kappa shape index (κ3) is 8.74. The Balaban J connectivity index is 2.08. The lowest BCUT2D eigenvalue weighted by atomic mass is 10.0. The quantitative estimate of drug-likeness (QED) is 0.452. The lowest BCUT2D eigenvalue weighted by Gasteiger charge is -2.20. The number of hydrogen-bond donors (Lipinski definition) is 2. The molecule has 0 aliphatic carbocycles. The number of unbranched alkanes of at least 4 members (excludes halogenated alkanes) is 1. The molecule has 1 aromatic rings. The summed E-state index contributed by atoms with van der Waals surface area (Å²) in [6.45, 7) is 3.32. The van der Waals surface area contributed by atoms with E-state index < -0.39 is 12.2 Å². The molecule has 4 heteroatoms. The van der Waals surface area contributed by atoms with Gasteiger partial charge in [0, 0.05) is 13.0 Å². The molecule has 0 saturated carbocycles. The van der Waals surface area contributed by atoms with Crippen LogP contribution in [0.15, 0.2) is 30.3 Å². The summed E-state index contributed by atoms with van der Waals surface area (Å²) < 4.78 is 5.59. The number of alkyl halides is 1. The van der Waals surface area contributed by atoms with Crippen molar-refractivity contribution in [3.05, 3.63) is 35.9 Å². The molecule has 0 saturated heterocycles. The largest absolute Gasteiger partial charge is 0.393 e. The van der Waals surface area contributed by atoms with Crippen LogP contribution in [0.3, 0.4) is 0 Å². The molecular weight excluding hydrogens is 300 g/mol. The zero-order valence-corrected chi connectivity index (χ0v) is 14.2. The van der Waals surface area contributed by atoms with Gasteiger partial charge in [0.25, 0.3) is 0 Å². The number of aliphatic hydroxyl groups is 2. The Labute approximate surface area is 139 Å². The number of halogens is 1. The molecule has 0 aliphatic heterocycles. The second-order valence-electron chi connectivity index (χ2n) is 5.80. The van der Waals surface area contributed by atoms with Crippen molar-refractivity contribution in [3.63, 3.8) is 0 Å². The Morgan fingerprint density at radius 3 is 2.50 bits per heavy atom. The number of ether oxygens (including phenoxy) is 1. The first-order chi connectivity index (χ1) is 10.6. The molecular formula is C18H29ClO3. The molecule has 22 heavy (non-hydrogen) atoms. The Bertz CT molecular complexity index is 372. The fraction of sp³-hybridized carbons (Fsp3) is 0.667. The molecule has 3 atom stereocenters. The molecule has 0 spiro atoms. The van der Waals surface area contributed by atoms with Crippen LogP contribution in [0, 0.1) is 0 Å². The van der Waals surface area contributed by atoms with Crippen LogP contribution >= 0.6 is 11.6 Å². The van der Waals surface area contributed by atoms with Crippen molar-refractivity contribution in [2.24, 2.45) is 0 Å². The van der Waals surface area contributed by atoms with Gasteiger partial charge < -0.3 is 14.9 Å². The van der Waals surface area contributed by atoms with Crippen LogP contribution in [-0.4, -0.2) is 34.4 Å². The van der Waals surface area contributed by atoms with Crippen LogP contribution in [0.1, 0.15) is 51.0 Å². The van der Waals surface area contributed by atoms with E-state index in [1.165, 1.54) is 0 Å². The maximum absolute atomic E-state index is 9.99. The average Bonchev–Trinajstić information content (AvgIpc) is 2.53. The van der Waals surface area contributed by atoms with Crippen molar-refractivity contribution in [2.45, 2.75) is 69.6 Å². The highest BCUT2D eigenvalue weighted by Gasteiger charge is 2.19. The molecule has 0 radical (unpaired) electrons. The van der Waals surface area contributed by atoms with Gasteiger partial charge in [0.15, 0.2) is 0 Å². The Morgan fingerprint density at radius 2 is 1.82 bits per heavy atom. The standard InChI is InChI=1S/C18H29ClO3/c1-2-3-10-16(20)13-18(21)17(19)11-7-12-22-14-15-8-5-4-6-9-15/h4-6,8-9,16-18,20-21H,2-3,7,10-14H2,1H3/t16-,17+,18-/m0/s1. The molecule has 0 fully saturated rings. The maximum Gasteiger partial charge on any atom is 0.0728 e. The number of benzene rings is 1. The predicted molar refractivity (Wildman–Crippen MR) is 91.1 cm³/mol. The summed E-state index contributed by atoms with van der Waals surface area (Å²) in [7, 11) is 0. The van der Waals surface area contributed by atoms with Gasteiger partial charge in [0.05, 0.1) is 24.2 Å². The Hall–Kier alpha value is -0.610. The number of rotatable bonds is 12. The van der Waals surface area contributed by atoms with Gasteiger partial charge in [-0.2, -0.15) is 0 Å². The molecule has 0 aromatic heterocycles. The second-order valence-corrected chi connectivity index (χ2v) is 6.36. The average molecular weight is 329 g/mol. The minimum atomic E-state index is -0.650. The summed E-state index contributed by atoms with van der Waals surface area (Å²) in [5.74, 6) is 0. The fourth-order valence-corrected chi connectivity index (χ4v) is 2.58. The van der Waals surface area contributed by atoms with Gasteiger partial charge in [-0.3, -0.25) is 0 Å². The number of hydrogen-bond acceptors (Lipinski definition) is 3. The fourth-order valence-electron chi connectivity index (χ4n) is 2.32. The molecule has 1 rings (SSSR count). The van der Waals surface area contributed by atoms with E-state index in [4.69, 9.17) is 16.3 Å². The van der Waals surface area contributed by atoms with E-state index in [1.54, 1.807) is 0 Å². The Kier molecular flexibility index (Phi) is 10.5. The smallest absolute Gasteiger partial charge is 0.0728 e. The van der Waals surface area contributed by atoms with Crippen LogP contribution in [0.5, 0.6) is 0 Å². The molecule has 2 N–H and O–H groups in total. The first-order valence-electron chi connectivity index (χ1n) is 8.25. The highest BCUT2D eigenvalue weighted by Crippen LogP contribution is 2.17. The molecule has 126 valence electrons.